The van der Waals surface area contributed by atoms with E-state index in [4.69, 9.17) is 4.74 Å². The van der Waals surface area contributed by atoms with Crippen LogP contribution in [0.15, 0.2) is 24.3 Å². The van der Waals surface area contributed by atoms with Gasteiger partial charge in [0.2, 0.25) is 0 Å². The number of aromatic nitrogens is 1. The lowest BCUT2D eigenvalue weighted by Crippen LogP contribution is -1.86. The number of rotatable bonds is 2. The number of hydrogen-bond acceptors (Lipinski definition) is 3. The van der Waals surface area contributed by atoms with Crippen LogP contribution in [0, 0.1) is 10.1 Å². The first-order valence-corrected chi connectivity index (χ1v) is 4.02. The van der Waals surface area contributed by atoms with Gasteiger partial charge in [0.05, 0.1) is 17.5 Å². The van der Waals surface area contributed by atoms with Gasteiger partial charge in [-0.05, 0) is 6.07 Å². The van der Waals surface area contributed by atoms with Gasteiger partial charge in [0.25, 0.3) is 5.69 Å². The Balaban J connectivity index is 2.59. The van der Waals surface area contributed by atoms with Gasteiger partial charge in [-0.3, -0.25) is 10.1 Å². The van der Waals surface area contributed by atoms with Crippen LogP contribution in [0.25, 0.3) is 10.9 Å². The molecule has 0 radical (unpaired) electrons. The summed E-state index contributed by atoms with van der Waals surface area (Å²) in [4.78, 5) is 13.0. The molecule has 0 fully saturated rings. The van der Waals surface area contributed by atoms with E-state index in [1.54, 1.807) is 19.2 Å². The zero-order valence-corrected chi connectivity index (χ0v) is 7.48. The Kier molecular flexibility index (Phi) is 1.85. The van der Waals surface area contributed by atoms with E-state index >= 15 is 0 Å². The van der Waals surface area contributed by atoms with E-state index in [-0.39, 0.29) is 5.69 Å². The Bertz CT molecular complexity index is 490. The molecule has 0 unspecified atom stereocenters. The summed E-state index contributed by atoms with van der Waals surface area (Å²) >= 11 is 0. The normalized spacial score (nSPS) is 10.4. The van der Waals surface area contributed by atoms with Crippen molar-refractivity contribution in [3.05, 3.63) is 34.4 Å². The van der Waals surface area contributed by atoms with Gasteiger partial charge in [0, 0.05) is 23.6 Å². The standard InChI is InChI=1S/C9H8N2O3/c1-14-9-4-6-2-3-7(11(12)13)5-8(6)10-9/h2-5,10H,1H3. The van der Waals surface area contributed by atoms with Gasteiger partial charge in [0.15, 0.2) is 5.88 Å². The van der Waals surface area contributed by atoms with Gasteiger partial charge in [-0.25, -0.2) is 0 Å². The number of methoxy groups -OCH3 is 1. The summed E-state index contributed by atoms with van der Waals surface area (Å²) < 4.78 is 4.97. The predicted octanol–water partition coefficient (Wildman–Crippen LogP) is 2.08. The van der Waals surface area contributed by atoms with Gasteiger partial charge in [0.1, 0.15) is 0 Å². The molecule has 5 heteroatoms. The third-order valence-corrected chi connectivity index (χ3v) is 2.01. The van der Waals surface area contributed by atoms with Gasteiger partial charge in [-0.15, -0.1) is 0 Å². The number of nitrogens with one attached hydrogen (secondary N) is 1. The van der Waals surface area contributed by atoms with E-state index in [1.165, 1.54) is 12.1 Å². The molecule has 0 amide bonds. The fourth-order valence-corrected chi connectivity index (χ4v) is 1.31. The van der Waals surface area contributed by atoms with E-state index in [2.05, 4.69) is 4.98 Å². The van der Waals surface area contributed by atoms with E-state index in [1.807, 2.05) is 0 Å². The third kappa shape index (κ3) is 1.28. The van der Waals surface area contributed by atoms with Crippen LogP contribution in [0.2, 0.25) is 0 Å². The fourth-order valence-electron chi connectivity index (χ4n) is 1.31. The SMILES string of the molecule is COc1cc2ccc([N+](=O)[O-])cc2[nH]1. The number of nitro groups is 1. The van der Waals surface area contributed by atoms with Crippen molar-refractivity contribution in [2.45, 2.75) is 0 Å². The number of fused-ring (bicyclic) bond motifs is 1. The van der Waals surface area contributed by atoms with Crippen molar-refractivity contribution in [1.82, 2.24) is 4.98 Å². The lowest BCUT2D eigenvalue weighted by Gasteiger charge is -1.91. The number of hydrogen-bond donors (Lipinski definition) is 1. The van der Waals surface area contributed by atoms with E-state index < -0.39 is 4.92 Å². The van der Waals surface area contributed by atoms with Gasteiger partial charge in [-0.2, -0.15) is 0 Å². The van der Waals surface area contributed by atoms with Crippen LogP contribution >= 0.6 is 0 Å². The minimum Gasteiger partial charge on any atom is -0.482 e. The van der Waals surface area contributed by atoms with Crippen molar-refractivity contribution < 1.29 is 9.66 Å². The van der Waals surface area contributed by atoms with Crippen molar-refractivity contribution in [3.63, 3.8) is 0 Å². The van der Waals surface area contributed by atoms with E-state index in [0.717, 1.165) is 5.39 Å². The average molecular weight is 192 g/mol. The maximum absolute atomic E-state index is 10.5. The van der Waals surface area contributed by atoms with Crippen LogP contribution in [0.4, 0.5) is 5.69 Å². The highest BCUT2D eigenvalue weighted by Crippen LogP contribution is 2.24. The van der Waals surface area contributed by atoms with Crippen LogP contribution in [-0.4, -0.2) is 17.0 Å². The number of nitro benzene ring substituents is 1. The number of H-pyrrole nitrogens is 1. The summed E-state index contributed by atoms with van der Waals surface area (Å²) in [6.45, 7) is 0. The molecule has 1 N–H and O–H groups in total. The Labute approximate surface area is 79.5 Å². The largest absolute Gasteiger partial charge is 0.482 e. The first-order valence-electron chi connectivity index (χ1n) is 4.02. The quantitative estimate of drug-likeness (QED) is 0.585. The third-order valence-electron chi connectivity index (χ3n) is 2.01. The second-order valence-corrected chi connectivity index (χ2v) is 2.87. The van der Waals surface area contributed by atoms with Crippen molar-refractivity contribution in [3.8, 4) is 5.88 Å². The fraction of sp³-hybridized carbons (Fsp3) is 0.111. The molecule has 0 bridgehead atoms. The number of non-ortho nitro benzene ring substituents is 1. The van der Waals surface area contributed by atoms with Crippen LogP contribution < -0.4 is 4.74 Å². The molecule has 72 valence electrons. The molecule has 0 spiro atoms. The molecule has 0 atom stereocenters. The van der Waals surface area contributed by atoms with Gasteiger partial charge in [-0.1, -0.05) is 0 Å². The highest BCUT2D eigenvalue weighted by Gasteiger charge is 2.07. The minimum atomic E-state index is -0.424. The van der Waals surface area contributed by atoms with Gasteiger partial charge >= 0.3 is 0 Å². The molecule has 2 rings (SSSR count). The first-order chi connectivity index (χ1) is 6.70. The number of aromatic amines is 1. The molecule has 5 nitrogen and oxygen atoms in total. The molecule has 0 aliphatic heterocycles. The molecule has 1 aromatic carbocycles. The molecule has 0 aliphatic rings. The van der Waals surface area contributed by atoms with Crippen molar-refractivity contribution in [2.75, 3.05) is 7.11 Å². The molecule has 14 heavy (non-hydrogen) atoms. The summed E-state index contributed by atoms with van der Waals surface area (Å²) in [6, 6.07) is 6.43. The zero-order valence-electron chi connectivity index (χ0n) is 7.48. The summed E-state index contributed by atoms with van der Waals surface area (Å²) in [7, 11) is 1.54. The Hall–Kier alpha value is -2.04. The first kappa shape index (κ1) is 8.55. The predicted molar refractivity (Wildman–Crippen MR) is 51.5 cm³/mol. The maximum atomic E-state index is 10.5. The van der Waals surface area contributed by atoms with Crippen LogP contribution in [0.3, 0.4) is 0 Å². The van der Waals surface area contributed by atoms with Gasteiger partial charge < -0.3 is 9.72 Å². The topological polar surface area (TPSA) is 68.2 Å². The highest BCUT2D eigenvalue weighted by atomic mass is 16.6. The van der Waals surface area contributed by atoms with Crippen molar-refractivity contribution >= 4 is 16.6 Å². The molecule has 1 heterocycles. The van der Waals surface area contributed by atoms with Crippen molar-refractivity contribution in [1.29, 1.82) is 0 Å². The smallest absolute Gasteiger partial charge is 0.271 e. The molecule has 2 aromatic rings. The molecular formula is C9H8N2O3. The summed E-state index contributed by atoms with van der Waals surface area (Å²) in [5.74, 6) is 0.598. The molecular weight excluding hydrogens is 184 g/mol. The number of benzene rings is 1. The van der Waals surface area contributed by atoms with E-state index in [0.29, 0.717) is 11.4 Å². The summed E-state index contributed by atoms with van der Waals surface area (Å²) in [5, 5.41) is 11.4. The Morgan fingerprint density at radius 2 is 2.21 bits per heavy atom. The molecule has 0 saturated heterocycles. The van der Waals surface area contributed by atoms with Crippen molar-refractivity contribution in [2.24, 2.45) is 0 Å². The average Bonchev–Trinajstić information content (AvgIpc) is 2.58. The van der Waals surface area contributed by atoms with Crippen LogP contribution in [-0.2, 0) is 0 Å². The Morgan fingerprint density at radius 1 is 1.43 bits per heavy atom. The van der Waals surface area contributed by atoms with Crippen LogP contribution in [0.1, 0.15) is 0 Å². The number of nitrogens with zero attached hydrogens (tertiary/aromatic N) is 1. The number of ether oxygens (including phenoxy) is 1. The van der Waals surface area contributed by atoms with Crippen LogP contribution in [0.5, 0.6) is 5.88 Å². The highest BCUT2D eigenvalue weighted by molar-refractivity contribution is 5.83. The molecule has 0 saturated carbocycles. The summed E-state index contributed by atoms with van der Waals surface area (Å²) in [5.41, 5.74) is 0.776. The maximum Gasteiger partial charge on any atom is 0.271 e. The second kappa shape index (κ2) is 3.02. The zero-order chi connectivity index (χ0) is 10.1. The van der Waals surface area contributed by atoms with E-state index in [9.17, 15) is 10.1 Å². The lowest BCUT2D eigenvalue weighted by atomic mass is 10.2. The molecule has 0 aliphatic carbocycles. The monoisotopic (exact) mass is 192 g/mol. The lowest BCUT2D eigenvalue weighted by molar-refractivity contribution is -0.384. The Morgan fingerprint density at radius 3 is 2.86 bits per heavy atom. The minimum absolute atomic E-state index is 0.0713. The second-order valence-electron chi connectivity index (χ2n) is 2.87. The molecule has 1 aromatic heterocycles. The summed E-state index contributed by atoms with van der Waals surface area (Å²) in [6.07, 6.45) is 0.